The minimum absolute atomic E-state index is 0.760. The number of rotatable bonds is 1. The lowest BCUT2D eigenvalue weighted by atomic mass is 10.1. The Balaban J connectivity index is 2.49. The normalized spacial score (nSPS) is 10.4. The van der Waals surface area contributed by atoms with Crippen molar-refractivity contribution in [3.05, 3.63) is 40.2 Å². The average molecular weight is 224 g/mol. The zero-order valence-corrected chi connectivity index (χ0v) is 9.32. The van der Waals surface area contributed by atoms with Gasteiger partial charge in [-0.05, 0) is 30.2 Å². The highest BCUT2D eigenvalue weighted by Crippen LogP contribution is 2.33. The third-order valence-corrected chi connectivity index (χ3v) is 3.59. The minimum Gasteiger partial charge on any atom is -0.398 e. The fraction of sp³-hybridized carbons (Fsp3) is 0.0909. The van der Waals surface area contributed by atoms with Gasteiger partial charge in [0.25, 0.3) is 0 Å². The van der Waals surface area contributed by atoms with Crippen molar-refractivity contribution in [2.75, 3.05) is 5.73 Å². The van der Waals surface area contributed by atoms with Gasteiger partial charge in [0.1, 0.15) is 0 Å². The van der Waals surface area contributed by atoms with E-state index in [0.717, 1.165) is 16.3 Å². The average Bonchev–Trinajstić information content (AvgIpc) is 2.50. The highest BCUT2D eigenvalue weighted by atomic mass is 35.5. The van der Waals surface area contributed by atoms with Crippen molar-refractivity contribution in [3.63, 3.8) is 0 Å². The second kappa shape index (κ2) is 3.64. The van der Waals surface area contributed by atoms with Crippen LogP contribution in [0.1, 0.15) is 5.56 Å². The summed E-state index contributed by atoms with van der Waals surface area (Å²) in [5.41, 5.74) is 8.98. The summed E-state index contributed by atoms with van der Waals surface area (Å²) >= 11 is 7.49. The summed E-state index contributed by atoms with van der Waals surface area (Å²) in [5.74, 6) is 0. The first-order chi connectivity index (χ1) is 6.68. The summed E-state index contributed by atoms with van der Waals surface area (Å²) in [5, 5.41) is 2.73. The summed E-state index contributed by atoms with van der Waals surface area (Å²) < 4.78 is 0. The lowest BCUT2D eigenvalue weighted by Gasteiger charge is -2.00. The van der Waals surface area contributed by atoms with Crippen molar-refractivity contribution in [1.82, 2.24) is 0 Å². The van der Waals surface area contributed by atoms with Gasteiger partial charge in [0.2, 0.25) is 0 Å². The Kier molecular flexibility index (Phi) is 2.48. The molecule has 1 nitrogen and oxygen atoms in total. The van der Waals surface area contributed by atoms with Crippen LogP contribution >= 0.6 is 22.9 Å². The third-order valence-electron chi connectivity index (χ3n) is 2.18. The van der Waals surface area contributed by atoms with Crippen LogP contribution in [-0.4, -0.2) is 0 Å². The van der Waals surface area contributed by atoms with Crippen LogP contribution in [0.4, 0.5) is 5.69 Å². The largest absolute Gasteiger partial charge is 0.398 e. The number of nitrogens with two attached hydrogens (primary N) is 1. The number of halogens is 1. The zero-order chi connectivity index (χ0) is 10.1. The number of hydrogen-bond donors (Lipinski definition) is 1. The molecule has 0 saturated heterocycles. The van der Waals surface area contributed by atoms with Gasteiger partial charge in [0.15, 0.2) is 0 Å². The Hall–Kier alpha value is -0.990. The maximum atomic E-state index is 5.82. The number of hydrogen-bond acceptors (Lipinski definition) is 2. The molecule has 0 aliphatic rings. The van der Waals surface area contributed by atoms with Gasteiger partial charge in [-0.2, -0.15) is 0 Å². The molecule has 1 aromatic heterocycles. The molecule has 2 aromatic rings. The van der Waals surface area contributed by atoms with Crippen molar-refractivity contribution in [3.8, 4) is 10.4 Å². The molecule has 0 bridgehead atoms. The second-order valence-corrected chi connectivity index (χ2v) is 4.47. The van der Waals surface area contributed by atoms with Crippen LogP contribution in [0.2, 0.25) is 5.02 Å². The van der Waals surface area contributed by atoms with Crippen molar-refractivity contribution >= 4 is 28.6 Å². The second-order valence-electron chi connectivity index (χ2n) is 3.15. The van der Waals surface area contributed by atoms with Crippen LogP contribution in [0.25, 0.3) is 10.4 Å². The quantitative estimate of drug-likeness (QED) is 0.778. The molecule has 0 spiro atoms. The smallest absolute Gasteiger partial charge is 0.0458 e. The van der Waals surface area contributed by atoms with Gasteiger partial charge in [0.05, 0.1) is 0 Å². The summed E-state index contributed by atoms with van der Waals surface area (Å²) in [6.45, 7) is 2.04. The van der Waals surface area contributed by atoms with Crippen LogP contribution < -0.4 is 5.73 Å². The molecule has 0 aliphatic heterocycles. The Morgan fingerprint density at radius 3 is 2.36 bits per heavy atom. The molecule has 0 saturated carbocycles. The summed E-state index contributed by atoms with van der Waals surface area (Å²) in [7, 11) is 0. The number of benzene rings is 1. The van der Waals surface area contributed by atoms with Gasteiger partial charge in [-0.25, -0.2) is 0 Å². The molecule has 72 valence electrons. The van der Waals surface area contributed by atoms with E-state index in [1.165, 1.54) is 10.4 Å². The Labute approximate surface area is 92.1 Å². The summed E-state index contributed by atoms with van der Waals surface area (Å²) in [6, 6.07) is 7.82. The maximum absolute atomic E-state index is 5.82. The van der Waals surface area contributed by atoms with E-state index in [4.69, 9.17) is 17.3 Å². The third kappa shape index (κ3) is 1.63. The van der Waals surface area contributed by atoms with Crippen LogP contribution in [0.3, 0.4) is 0 Å². The highest BCUT2D eigenvalue weighted by molar-refractivity contribution is 7.14. The Morgan fingerprint density at radius 2 is 1.86 bits per heavy atom. The highest BCUT2D eigenvalue weighted by Gasteiger charge is 2.06. The predicted octanol–water partition coefficient (Wildman–Crippen LogP) is 3.96. The molecule has 2 N–H and O–H groups in total. The molecule has 14 heavy (non-hydrogen) atoms. The fourth-order valence-electron chi connectivity index (χ4n) is 1.32. The summed E-state index contributed by atoms with van der Waals surface area (Å²) in [4.78, 5) is 1.22. The van der Waals surface area contributed by atoms with Crippen molar-refractivity contribution < 1.29 is 0 Å². The molecular formula is C11H10ClNS. The molecule has 1 aromatic carbocycles. The predicted molar refractivity (Wildman–Crippen MR) is 63.9 cm³/mol. The number of nitrogen functional groups attached to an aromatic ring is 1. The van der Waals surface area contributed by atoms with Crippen LogP contribution in [0.15, 0.2) is 29.6 Å². The van der Waals surface area contributed by atoms with E-state index in [-0.39, 0.29) is 0 Å². The first-order valence-electron chi connectivity index (χ1n) is 4.28. The van der Waals surface area contributed by atoms with Crippen LogP contribution in [0, 0.1) is 6.92 Å². The van der Waals surface area contributed by atoms with Crippen molar-refractivity contribution in [1.29, 1.82) is 0 Å². The van der Waals surface area contributed by atoms with Gasteiger partial charge < -0.3 is 5.73 Å². The molecule has 0 fully saturated rings. The fourth-order valence-corrected chi connectivity index (χ4v) is 2.43. The maximum Gasteiger partial charge on any atom is 0.0458 e. The van der Waals surface area contributed by atoms with Gasteiger partial charge in [0, 0.05) is 21.0 Å². The van der Waals surface area contributed by atoms with E-state index in [1.807, 2.05) is 36.6 Å². The van der Waals surface area contributed by atoms with Crippen LogP contribution in [0.5, 0.6) is 0 Å². The van der Waals surface area contributed by atoms with E-state index in [2.05, 4.69) is 0 Å². The van der Waals surface area contributed by atoms with Crippen LogP contribution in [-0.2, 0) is 0 Å². The van der Waals surface area contributed by atoms with E-state index in [9.17, 15) is 0 Å². The molecule has 0 unspecified atom stereocenters. The number of anilines is 1. The van der Waals surface area contributed by atoms with Gasteiger partial charge >= 0.3 is 0 Å². The SMILES string of the molecule is Cc1c(N)csc1-c1ccc(Cl)cc1. The topological polar surface area (TPSA) is 26.0 Å². The monoisotopic (exact) mass is 223 g/mol. The zero-order valence-electron chi connectivity index (χ0n) is 7.75. The van der Waals surface area contributed by atoms with Gasteiger partial charge in [-0.1, -0.05) is 23.7 Å². The molecule has 0 aliphatic carbocycles. The lowest BCUT2D eigenvalue weighted by molar-refractivity contribution is 1.53. The summed E-state index contributed by atoms with van der Waals surface area (Å²) in [6.07, 6.45) is 0. The molecule has 0 radical (unpaired) electrons. The molecule has 2 rings (SSSR count). The standard InChI is InChI=1S/C11H10ClNS/c1-7-10(13)6-14-11(7)8-2-4-9(12)5-3-8/h2-6H,13H2,1H3. The van der Waals surface area contributed by atoms with Gasteiger partial charge in [-0.3, -0.25) is 0 Å². The first-order valence-corrected chi connectivity index (χ1v) is 5.54. The molecule has 3 heteroatoms. The number of thiophene rings is 1. The van der Waals surface area contributed by atoms with E-state index in [0.29, 0.717) is 0 Å². The van der Waals surface area contributed by atoms with E-state index in [1.54, 1.807) is 11.3 Å². The molecule has 0 atom stereocenters. The van der Waals surface area contributed by atoms with Gasteiger partial charge in [-0.15, -0.1) is 11.3 Å². The Bertz CT molecular complexity index is 445. The van der Waals surface area contributed by atoms with E-state index >= 15 is 0 Å². The molecule has 0 amide bonds. The minimum atomic E-state index is 0.760. The van der Waals surface area contributed by atoms with Crippen molar-refractivity contribution in [2.24, 2.45) is 0 Å². The molecule has 1 heterocycles. The Morgan fingerprint density at radius 1 is 1.21 bits per heavy atom. The first kappa shape index (κ1) is 9.56. The molecular weight excluding hydrogens is 214 g/mol. The lowest BCUT2D eigenvalue weighted by Crippen LogP contribution is -1.84. The van der Waals surface area contributed by atoms with Crippen molar-refractivity contribution in [2.45, 2.75) is 6.92 Å². The van der Waals surface area contributed by atoms with E-state index < -0.39 is 0 Å².